The molecule has 1 aliphatic rings. The Hall–Kier alpha value is -3.29. The average Bonchev–Trinajstić information content (AvgIpc) is 3.21. The summed E-state index contributed by atoms with van der Waals surface area (Å²) in [4.78, 5) is 34.8. The zero-order valence-corrected chi connectivity index (χ0v) is 13.6. The summed E-state index contributed by atoms with van der Waals surface area (Å²) in [5.41, 5.74) is 1.65. The number of hydrogen-bond acceptors (Lipinski definition) is 5. The first-order valence-electron chi connectivity index (χ1n) is 7.99. The lowest BCUT2D eigenvalue weighted by atomic mass is 10.2. The number of rotatable bonds is 3. The average molecular weight is 336 g/mol. The van der Waals surface area contributed by atoms with Crippen molar-refractivity contribution in [1.29, 1.82) is 0 Å². The van der Waals surface area contributed by atoms with E-state index in [0.29, 0.717) is 18.7 Å². The maximum absolute atomic E-state index is 12.6. The highest BCUT2D eigenvalue weighted by molar-refractivity contribution is 6.03. The highest BCUT2D eigenvalue weighted by Gasteiger charge is 2.34. The van der Waals surface area contributed by atoms with E-state index < -0.39 is 11.9 Å². The molecule has 25 heavy (non-hydrogen) atoms. The number of nitrogens with zero attached hydrogens (tertiary/aromatic N) is 5. The minimum atomic E-state index is -0.576. The highest BCUT2D eigenvalue weighted by atomic mass is 16.2. The van der Waals surface area contributed by atoms with Crippen LogP contribution >= 0.6 is 0 Å². The van der Waals surface area contributed by atoms with Gasteiger partial charge in [-0.25, -0.2) is 9.50 Å². The predicted molar refractivity (Wildman–Crippen MR) is 90.2 cm³/mol. The molecule has 1 atom stereocenters. The van der Waals surface area contributed by atoms with Gasteiger partial charge in [0.15, 0.2) is 0 Å². The SMILES string of the molecule is Cc1ccnc2nc(C(=O)N[C@@H]3CCN(c4ccccc4)C3=O)nn12. The fraction of sp³-hybridized carbons (Fsp3) is 0.235. The number of aromatic nitrogens is 4. The molecule has 0 bridgehead atoms. The molecule has 1 saturated heterocycles. The van der Waals surface area contributed by atoms with E-state index in [0.717, 1.165) is 11.4 Å². The molecule has 4 rings (SSSR count). The third-order valence-electron chi connectivity index (χ3n) is 4.21. The lowest BCUT2D eigenvalue weighted by Gasteiger charge is -2.16. The number of aryl methyl sites for hydroxylation is 1. The smallest absolute Gasteiger partial charge is 0.291 e. The fourth-order valence-corrected chi connectivity index (χ4v) is 2.90. The lowest BCUT2D eigenvalue weighted by molar-refractivity contribution is -0.118. The van der Waals surface area contributed by atoms with Crippen molar-refractivity contribution in [2.75, 3.05) is 11.4 Å². The normalized spacial score (nSPS) is 17.2. The van der Waals surface area contributed by atoms with E-state index in [9.17, 15) is 9.59 Å². The van der Waals surface area contributed by atoms with E-state index in [1.165, 1.54) is 4.52 Å². The lowest BCUT2D eigenvalue weighted by Crippen LogP contribution is -2.41. The van der Waals surface area contributed by atoms with Gasteiger partial charge in [-0.15, -0.1) is 5.10 Å². The van der Waals surface area contributed by atoms with Gasteiger partial charge in [0.1, 0.15) is 6.04 Å². The van der Waals surface area contributed by atoms with Crippen LogP contribution in [-0.4, -0.2) is 44.0 Å². The summed E-state index contributed by atoms with van der Waals surface area (Å²) in [5.74, 6) is -0.239. The van der Waals surface area contributed by atoms with Crippen LogP contribution in [0.4, 0.5) is 5.69 Å². The monoisotopic (exact) mass is 336 g/mol. The van der Waals surface area contributed by atoms with Crippen molar-refractivity contribution in [3.63, 3.8) is 0 Å². The third-order valence-corrected chi connectivity index (χ3v) is 4.21. The zero-order valence-electron chi connectivity index (χ0n) is 13.6. The number of nitrogens with one attached hydrogen (secondary N) is 1. The minimum absolute atomic E-state index is 0.00719. The van der Waals surface area contributed by atoms with Crippen LogP contribution < -0.4 is 10.2 Å². The van der Waals surface area contributed by atoms with Gasteiger partial charge >= 0.3 is 0 Å². The van der Waals surface area contributed by atoms with Crippen LogP contribution in [0.15, 0.2) is 42.6 Å². The van der Waals surface area contributed by atoms with Gasteiger partial charge in [-0.3, -0.25) is 9.59 Å². The molecular weight excluding hydrogens is 320 g/mol. The molecule has 1 aliphatic heterocycles. The Morgan fingerprint density at radius 3 is 2.80 bits per heavy atom. The van der Waals surface area contributed by atoms with E-state index in [1.807, 2.05) is 37.3 Å². The van der Waals surface area contributed by atoms with Gasteiger partial charge in [0.05, 0.1) is 0 Å². The first kappa shape index (κ1) is 15.3. The molecule has 8 heteroatoms. The largest absolute Gasteiger partial charge is 0.337 e. The molecule has 0 unspecified atom stereocenters. The standard InChI is InChI=1S/C17H16N6O2/c1-11-7-9-18-17-20-14(21-23(11)17)15(24)19-13-8-10-22(16(13)25)12-5-3-2-4-6-12/h2-7,9,13H,8,10H2,1H3,(H,19,24)/t13-/m1/s1. The second kappa shape index (κ2) is 5.97. The number of carbonyl (C=O) groups excluding carboxylic acids is 2. The van der Waals surface area contributed by atoms with Crippen molar-refractivity contribution >= 4 is 23.3 Å². The number of amides is 2. The van der Waals surface area contributed by atoms with Crippen LogP contribution in [0.1, 0.15) is 22.7 Å². The molecule has 0 aliphatic carbocycles. The summed E-state index contributed by atoms with van der Waals surface area (Å²) in [7, 11) is 0. The summed E-state index contributed by atoms with van der Waals surface area (Å²) in [6, 6.07) is 10.6. The third kappa shape index (κ3) is 2.71. The van der Waals surface area contributed by atoms with Gasteiger partial charge in [0.2, 0.25) is 11.7 Å². The number of fused-ring (bicyclic) bond motifs is 1. The van der Waals surface area contributed by atoms with Gasteiger partial charge in [-0.2, -0.15) is 4.98 Å². The maximum Gasteiger partial charge on any atom is 0.291 e. The van der Waals surface area contributed by atoms with E-state index >= 15 is 0 Å². The quantitative estimate of drug-likeness (QED) is 0.769. The van der Waals surface area contributed by atoms with Gasteiger partial charge in [-0.05, 0) is 31.5 Å². The summed E-state index contributed by atoms with van der Waals surface area (Å²) >= 11 is 0. The molecule has 1 N–H and O–H groups in total. The highest BCUT2D eigenvalue weighted by Crippen LogP contribution is 2.21. The van der Waals surface area contributed by atoms with Gasteiger partial charge in [-0.1, -0.05) is 18.2 Å². The van der Waals surface area contributed by atoms with E-state index in [4.69, 9.17) is 0 Å². The molecule has 3 aromatic rings. The molecule has 0 saturated carbocycles. The van der Waals surface area contributed by atoms with Crippen LogP contribution in [0.2, 0.25) is 0 Å². The van der Waals surface area contributed by atoms with Crippen molar-refractivity contribution in [3.8, 4) is 0 Å². The first-order valence-corrected chi connectivity index (χ1v) is 7.99. The van der Waals surface area contributed by atoms with Crippen LogP contribution in [0.25, 0.3) is 5.78 Å². The zero-order chi connectivity index (χ0) is 17.4. The molecule has 0 radical (unpaired) electrons. The number of para-hydroxylation sites is 1. The van der Waals surface area contributed by atoms with Crippen LogP contribution in [0.3, 0.4) is 0 Å². The summed E-state index contributed by atoms with van der Waals surface area (Å²) in [6.07, 6.45) is 2.16. The number of carbonyl (C=O) groups is 2. The van der Waals surface area contributed by atoms with Crippen LogP contribution in [-0.2, 0) is 4.79 Å². The Labute approximate surface area is 143 Å². The molecular formula is C17H16N6O2. The first-order chi connectivity index (χ1) is 12.1. The summed E-state index contributed by atoms with van der Waals surface area (Å²) in [6.45, 7) is 2.41. The number of benzene rings is 1. The predicted octanol–water partition coefficient (Wildman–Crippen LogP) is 0.968. The molecule has 2 amide bonds. The molecule has 2 aromatic heterocycles. The number of anilines is 1. The molecule has 0 spiro atoms. The van der Waals surface area contributed by atoms with Crippen molar-refractivity contribution in [2.24, 2.45) is 0 Å². The van der Waals surface area contributed by atoms with Crippen molar-refractivity contribution in [2.45, 2.75) is 19.4 Å². The Morgan fingerprint density at radius 2 is 2.04 bits per heavy atom. The Bertz CT molecular complexity index is 952. The fourth-order valence-electron chi connectivity index (χ4n) is 2.90. The Balaban J connectivity index is 1.51. The molecule has 1 aromatic carbocycles. The molecule has 1 fully saturated rings. The van der Waals surface area contributed by atoms with Crippen molar-refractivity contribution < 1.29 is 9.59 Å². The Morgan fingerprint density at radius 1 is 1.24 bits per heavy atom. The van der Waals surface area contributed by atoms with Crippen LogP contribution in [0, 0.1) is 6.92 Å². The summed E-state index contributed by atoms with van der Waals surface area (Å²) < 4.78 is 1.50. The van der Waals surface area contributed by atoms with Gasteiger partial charge in [0, 0.05) is 24.1 Å². The maximum atomic E-state index is 12.6. The number of hydrogen-bond donors (Lipinski definition) is 1. The minimum Gasteiger partial charge on any atom is -0.337 e. The second-order valence-electron chi connectivity index (χ2n) is 5.87. The topological polar surface area (TPSA) is 92.5 Å². The van der Waals surface area contributed by atoms with E-state index in [-0.39, 0.29) is 11.7 Å². The second-order valence-corrected chi connectivity index (χ2v) is 5.87. The molecule has 8 nitrogen and oxygen atoms in total. The molecule has 126 valence electrons. The van der Waals surface area contributed by atoms with Gasteiger partial charge in [0.25, 0.3) is 11.7 Å². The molecule has 3 heterocycles. The van der Waals surface area contributed by atoms with E-state index in [1.54, 1.807) is 17.2 Å². The Kier molecular flexibility index (Phi) is 3.64. The van der Waals surface area contributed by atoms with Crippen molar-refractivity contribution in [3.05, 3.63) is 54.1 Å². The van der Waals surface area contributed by atoms with E-state index in [2.05, 4.69) is 20.4 Å². The summed E-state index contributed by atoms with van der Waals surface area (Å²) in [5, 5.41) is 6.89. The van der Waals surface area contributed by atoms with Gasteiger partial charge < -0.3 is 10.2 Å². The van der Waals surface area contributed by atoms with Crippen LogP contribution in [0.5, 0.6) is 0 Å². The van der Waals surface area contributed by atoms with Crippen molar-refractivity contribution in [1.82, 2.24) is 24.9 Å².